The lowest BCUT2D eigenvalue weighted by Gasteiger charge is -2.34. The summed E-state index contributed by atoms with van der Waals surface area (Å²) in [4.78, 5) is 0. The molecule has 1 aliphatic rings. The van der Waals surface area contributed by atoms with Crippen molar-refractivity contribution >= 4 is 0 Å². The lowest BCUT2D eigenvalue weighted by molar-refractivity contribution is 0.267. The molecule has 2 rings (SSSR count). The highest BCUT2D eigenvalue weighted by atomic mass is 14.4. The zero-order chi connectivity index (χ0) is 11.4. The van der Waals surface area contributed by atoms with Gasteiger partial charge in [-0.2, -0.15) is 5.26 Å². The van der Waals surface area contributed by atoms with Gasteiger partial charge >= 0.3 is 0 Å². The first-order chi connectivity index (χ1) is 7.77. The standard InChI is InChI=1S/C15H19N/c1-15(12-16,13-8-4-2-5-9-13)14-10-6-3-7-11-14/h2,4-5,8-9,14H,3,6-7,10-11H2,1H3/t15-/m1/s1. The zero-order valence-corrected chi connectivity index (χ0v) is 9.95. The predicted molar refractivity (Wildman–Crippen MR) is 66.0 cm³/mol. The Morgan fingerprint density at radius 3 is 2.31 bits per heavy atom. The number of rotatable bonds is 2. The fraction of sp³-hybridized carbons (Fsp3) is 0.533. The van der Waals surface area contributed by atoms with Crippen LogP contribution in [0.5, 0.6) is 0 Å². The average Bonchev–Trinajstić information content (AvgIpc) is 2.40. The maximum Gasteiger partial charge on any atom is 0.0822 e. The number of nitriles is 1. The van der Waals surface area contributed by atoms with Crippen LogP contribution in [0.1, 0.15) is 44.6 Å². The average molecular weight is 213 g/mol. The predicted octanol–water partition coefficient (Wildman–Crippen LogP) is 4.05. The van der Waals surface area contributed by atoms with Gasteiger partial charge in [0.05, 0.1) is 11.5 Å². The van der Waals surface area contributed by atoms with Crippen LogP contribution in [-0.2, 0) is 5.41 Å². The molecule has 0 radical (unpaired) electrons. The van der Waals surface area contributed by atoms with Gasteiger partial charge in [0.1, 0.15) is 0 Å². The lowest BCUT2D eigenvalue weighted by Crippen LogP contribution is -2.32. The number of hydrogen-bond donors (Lipinski definition) is 0. The number of benzene rings is 1. The van der Waals surface area contributed by atoms with Gasteiger partial charge in [-0.05, 0) is 31.2 Å². The first-order valence-corrected chi connectivity index (χ1v) is 6.24. The Morgan fingerprint density at radius 2 is 1.75 bits per heavy atom. The molecule has 0 unspecified atom stereocenters. The molecule has 16 heavy (non-hydrogen) atoms. The summed E-state index contributed by atoms with van der Waals surface area (Å²) in [7, 11) is 0. The molecule has 0 aliphatic heterocycles. The van der Waals surface area contributed by atoms with E-state index in [1.165, 1.54) is 37.7 Å². The number of hydrogen-bond acceptors (Lipinski definition) is 1. The van der Waals surface area contributed by atoms with Crippen molar-refractivity contribution in [2.24, 2.45) is 5.92 Å². The van der Waals surface area contributed by atoms with Crippen LogP contribution >= 0.6 is 0 Å². The molecule has 84 valence electrons. The van der Waals surface area contributed by atoms with Crippen molar-refractivity contribution in [2.75, 3.05) is 0 Å². The van der Waals surface area contributed by atoms with Crippen molar-refractivity contribution in [2.45, 2.75) is 44.4 Å². The van der Waals surface area contributed by atoms with Crippen LogP contribution in [0.2, 0.25) is 0 Å². The summed E-state index contributed by atoms with van der Waals surface area (Å²) >= 11 is 0. The molecule has 1 aromatic rings. The van der Waals surface area contributed by atoms with Crippen LogP contribution in [0.15, 0.2) is 30.3 Å². The third kappa shape index (κ3) is 1.97. The minimum Gasteiger partial charge on any atom is -0.197 e. The molecule has 1 aromatic carbocycles. The quantitative estimate of drug-likeness (QED) is 0.727. The summed E-state index contributed by atoms with van der Waals surface area (Å²) in [6, 6.07) is 12.8. The first-order valence-electron chi connectivity index (χ1n) is 6.24. The van der Waals surface area contributed by atoms with E-state index in [1.54, 1.807) is 0 Å². The van der Waals surface area contributed by atoms with Crippen molar-refractivity contribution in [1.29, 1.82) is 5.26 Å². The van der Waals surface area contributed by atoms with Crippen molar-refractivity contribution in [3.63, 3.8) is 0 Å². The minimum absolute atomic E-state index is 0.290. The molecular weight excluding hydrogens is 194 g/mol. The van der Waals surface area contributed by atoms with Gasteiger partial charge in [-0.3, -0.25) is 0 Å². The van der Waals surface area contributed by atoms with Gasteiger partial charge in [0.15, 0.2) is 0 Å². The van der Waals surface area contributed by atoms with Gasteiger partial charge in [0, 0.05) is 0 Å². The summed E-state index contributed by atoms with van der Waals surface area (Å²) in [6.07, 6.45) is 6.33. The van der Waals surface area contributed by atoms with Crippen LogP contribution in [0, 0.1) is 17.2 Å². The lowest BCUT2D eigenvalue weighted by atomic mass is 9.67. The van der Waals surface area contributed by atoms with E-state index in [9.17, 15) is 5.26 Å². The molecule has 1 fully saturated rings. The van der Waals surface area contributed by atoms with E-state index in [0.717, 1.165) is 0 Å². The Kier molecular flexibility index (Phi) is 3.29. The van der Waals surface area contributed by atoms with Crippen LogP contribution in [-0.4, -0.2) is 0 Å². The SMILES string of the molecule is C[C@@](C#N)(c1ccccc1)C1CCCCC1. The molecule has 0 saturated heterocycles. The van der Waals surface area contributed by atoms with Gasteiger partial charge in [-0.1, -0.05) is 49.6 Å². The second-order valence-corrected chi connectivity index (χ2v) is 5.02. The van der Waals surface area contributed by atoms with E-state index in [2.05, 4.69) is 25.1 Å². The molecule has 0 N–H and O–H groups in total. The van der Waals surface area contributed by atoms with Gasteiger partial charge < -0.3 is 0 Å². The molecule has 0 spiro atoms. The Labute approximate surface area is 98.1 Å². The molecule has 0 aromatic heterocycles. The Morgan fingerprint density at radius 1 is 1.12 bits per heavy atom. The molecule has 1 nitrogen and oxygen atoms in total. The summed E-state index contributed by atoms with van der Waals surface area (Å²) in [5, 5.41) is 9.54. The Hall–Kier alpha value is -1.29. The molecule has 0 heterocycles. The van der Waals surface area contributed by atoms with Gasteiger partial charge in [0.25, 0.3) is 0 Å². The Bertz CT molecular complexity index is 370. The smallest absolute Gasteiger partial charge is 0.0822 e. The van der Waals surface area contributed by atoms with Crippen molar-refractivity contribution in [3.05, 3.63) is 35.9 Å². The van der Waals surface area contributed by atoms with Crippen LogP contribution in [0.25, 0.3) is 0 Å². The highest BCUT2D eigenvalue weighted by molar-refractivity contribution is 5.32. The second-order valence-electron chi connectivity index (χ2n) is 5.02. The van der Waals surface area contributed by atoms with E-state index < -0.39 is 0 Å². The summed E-state index contributed by atoms with van der Waals surface area (Å²) in [5.41, 5.74) is 0.895. The summed E-state index contributed by atoms with van der Waals surface area (Å²) in [6.45, 7) is 2.11. The zero-order valence-electron chi connectivity index (χ0n) is 9.95. The topological polar surface area (TPSA) is 23.8 Å². The second kappa shape index (κ2) is 4.70. The van der Waals surface area contributed by atoms with Crippen LogP contribution in [0.4, 0.5) is 0 Å². The van der Waals surface area contributed by atoms with Crippen LogP contribution < -0.4 is 0 Å². The molecule has 1 saturated carbocycles. The van der Waals surface area contributed by atoms with Gasteiger partial charge in [-0.15, -0.1) is 0 Å². The minimum atomic E-state index is -0.290. The fourth-order valence-corrected chi connectivity index (χ4v) is 2.86. The van der Waals surface area contributed by atoms with Crippen LogP contribution in [0.3, 0.4) is 0 Å². The normalized spacial score (nSPS) is 21.0. The molecule has 1 atom stereocenters. The van der Waals surface area contributed by atoms with E-state index in [0.29, 0.717) is 5.92 Å². The maximum atomic E-state index is 9.54. The van der Waals surface area contributed by atoms with Gasteiger partial charge in [-0.25, -0.2) is 0 Å². The van der Waals surface area contributed by atoms with Crippen molar-refractivity contribution < 1.29 is 0 Å². The van der Waals surface area contributed by atoms with Gasteiger partial charge in [0.2, 0.25) is 0 Å². The fourth-order valence-electron chi connectivity index (χ4n) is 2.86. The third-order valence-electron chi connectivity index (χ3n) is 4.03. The van der Waals surface area contributed by atoms with E-state index in [4.69, 9.17) is 0 Å². The molecule has 1 aliphatic carbocycles. The largest absolute Gasteiger partial charge is 0.197 e. The molecular formula is C15H19N. The van der Waals surface area contributed by atoms with E-state index >= 15 is 0 Å². The molecule has 1 heteroatoms. The molecule has 0 amide bonds. The van der Waals surface area contributed by atoms with E-state index in [1.807, 2.05) is 18.2 Å². The Balaban J connectivity index is 2.29. The monoisotopic (exact) mass is 213 g/mol. The highest BCUT2D eigenvalue weighted by Crippen LogP contribution is 2.40. The third-order valence-corrected chi connectivity index (χ3v) is 4.03. The maximum absolute atomic E-state index is 9.54. The first kappa shape index (κ1) is 11.2. The van der Waals surface area contributed by atoms with E-state index in [-0.39, 0.29) is 5.41 Å². The molecule has 0 bridgehead atoms. The summed E-state index contributed by atoms with van der Waals surface area (Å²) in [5.74, 6) is 0.536. The van der Waals surface area contributed by atoms with Crippen molar-refractivity contribution in [3.8, 4) is 6.07 Å². The summed E-state index contributed by atoms with van der Waals surface area (Å²) < 4.78 is 0. The highest BCUT2D eigenvalue weighted by Gasteiger charge is 2.36. The van der Waals surface area contributed by atoms with Crippen molar-refractivity contribution in [1.82, 2.24) is 0 Å². The number of nitrogens with zero attached hydrogens (tertiary/aromatic N) is 1.